The Bertz CT molecular complexity index is 690. The van der Waals surface area contributed by atoms with E-state index in [1.807, 2.05) is 0 Å². The van der Waals surface area contributed by atoms with Gasteiger partial charge in [-0.2, -0.15) is 0 Å². The lowest BCUT2D eigenvalue weighted by Gasteiger charge is -2.31. The second-order valence-corrected chi connectivity index (χ2v) is 5.30. The van der Waals surface area contributed by atoms with Gasteiger partial charge in [-0.1, -0.05) is 0 Å². The van der Waals surface area contributed by atoms with E-state index in [1.54, 1.807) is 0 Å². The quantitative estimate of drug-likeness (QED) is 0.787. The normalized spacial score (nSPS) is 14.7. The summed E-state index contributed by atoms with van der Waals surface area (Å²) in [7, 11) is 2.26. The zero-order chi connectivity index (χ0) is 17.1. The van der Waals surface area contributed by atoms with Crippen molar-refractivity contribution < 1.29 is 33.3 Å². The standard InChI is InChI=1S/C14H13BrFNO6/c1-21-13(19)7-5-23-6-17(11(7)14(20)22-2)12-9(18)4-3-8(15)10(12)16/h3-4,18H,5-6H2,1-2H3. The maximum Gasteiger partial charge on any atom is 0.355 e. The molecule has 0 saturated carbocycles. The molecule has 23 heavy (non-hydrogen) atoms. The summed E-state index contributed by atoms with van der Waals surface area (Å²) in [5.41, 5.74) is -0.705. The third kappa shape index (κ3) is 3.15. The van der Waals surface area contributed by atoms with Crippen LogP contribution in [0.5, 0.6) is 5.75 Å². The molecule has 1 aromatic carbocycles. The summed E-state index contributed by atoms with van der Waals surface area (Å²) in [5.74, 6) is -2.94. The van der Waals surface area contributed by atoms with E-state index < -0.39 is 23.5 Å². The highest BCUT2D eigenvalue weighted by atomic mass is 79.9. The Balaban J connectivity index is 2.68. The molecule has 0 amide bonds. The molecular weight excluding hydrogens is 377 g/mol. The second-order valence-electron chi connectivity index (χ2n) is 4.45. The largest absolute Gasteiger partial charge is 0.506 e. The molecule has 0 saturated heterocycles. The van der Waals surface area contributed by atoms with Gasteiger partial charge in [0, 0.05) is 0 Å². The van der Waals surface area contributed by atoms with Crippen LogP contribution in [0.3, 0.4) is 0 Å². The first-order valence-corrected chi connectivity index (χ1v) is 7.13. The number of hydrogen-bond acceptors (Lipinski definition) is 7. The molecule has 0 unspecified atom stereocenters. The van der Waals surface area contributed by atoms with E-state index in [1.165, 1.54) is 12.1 Å². The number of hydrogen-bond donors (Lipinski definition) is 1. The van der Waals surface area contributed by atoms with Crippen molar-refractivity contribution >= 4 is 33.6 Å². The van der Waals surface area contributed by atoms with Gasteiger partial charge in [0.2, 0.25) is 0 Å². The molecule has 2 rings (SSSR count). The van der Waals surface area contributed by atoms with Gasteiger partial charge in [0.15, 0.2) is 5.82 Å². The van der Waals surface area contributed by atoms with Crippen LogP contribution in [0.15, 0.2) is 27.9 Å². The lowest BCUT2D eigenvalue weighted by atomic mass is 10.1. The number of phenolic OH excluding ortho intramolecular Hbond substituents is 1. The van der Waals surface area contributed by atoms with Crippen molar-refractivity contribution in [3.05, 3.63) is 33.7 Å². The maximum absolute atomic E-state index is 14.4. The van der Waals surface area contributed by atoms with Gasteiger partial charge in [-0.15, -0.1) is 0 Å². The van der Waals surface area contributed by atoms with Crippen LogP contribution < -0.4 is 4.90 Å². The van der Waals surface area contributed by atoms with Crippen LogP contribution in [-0.4, -0.2) is 44.6 Å². The van der Waals surface area contributed by atoms with Gasteiger partial charge in [-0.3, -0.25) is 0 Å². The number of anilines is 1. The molecule has 0 aliphatic carbocycles. The molecule has 1 aliphatic heterocycles. The number of carbonyl (C=O) groups excluding carboxylic acids is 2. The zero-order valence-electron chi connectivity index (χ0n) is 12.3. The summed E-state index contributed by atoms with van der Waals surface area (Å²) in [6, 6.07) is 2.55. The van der Waals surface area contributed by atoms with Crippen LogP contribution >= 0.6 is 15.9 Å². The van der Waals surface area contributed by atoms with Crippen LogP contribution in [0.1, 0.15) is 0 Å². The number of aromatic hydroxyl groups is 1. The Morgan fingerprint density at radius 1 is 1.30 bits per heavy atom. The van der Waals surface area contributed by atoms with Crippen molar-refractivity contribution in [2.24, 2.45) is 0 Å². The minimum Gasteiger partial charge on any atom is -0.506 e. The van der Waals surface area contributed by atoms with Crippen LogP contribution in [-0.2, 0) is 23.8 Å². The average Bonchev–Trinajstić information content (AvgIpc) is 2.56. The number of ether oxygens (including phenoxy) is 3. The summed E-state index contributed by atoms with van der Waals surface area (Å²) < 4.78 is 29.0. The average molecular weight is 390 g/mol. The maximum atomic E-state index is 14.4. The molecule has 0 spiro atoms. The van der Waals surface area contributed by atoms with Crippen molar-refractivity contribution in [2.45, 2.75) is 0 Å². The topological polar surface area (TPSA) is 85.3 Å². The summed E-state index contributed by atoms with van der Waals surface area (Å²) in [4.78, 5) is 25.0. The van der Waals surface area contributed by atoms with Gasteiger partial charge in [0.1, 0.15) is 23.9 Å². The molecule has 1 aromatic rings. The van der Waals surface area contributed by atoms with Gasteiger partial charge in [0.05, 0.1) is 30.9 Å². The molecule has 1 N–H and O–H groups in total. The SMILES string of the molecule is COC(=O)C1=C(C(=O)OC)N(c2c(O)ccc(Br)c2F)COC1. The highest BCUT2D eigenvalue weighted by molar-refractivity contribution is 9.10. The van der Waals surface area contributed by atoms with Gasteiger partial charge in [-0.25, -0.2) is 14.0 Å². The molecule has 0 fully saturated rings. The number of rotatable bonds is 3. The Morgan fingerprint density at radius 3 is 2.57 bits per heavy atom. The smallest absolute Gasteiger partial charge is 0.355 e. The number of phenols is 1. The third-order valence-electron chi connectivity index (χ3n) is 3.15. The third-order valence-corrected chi connectivity index (χ3v) is 3.76. The number of nitrogens with zero attached hydrogens (tertiary/aromatic N) is 1. The molecule has 0 atom stereocenters. The number of carbonyl (C=O) groups is 2. The fourth-order valence-electron chi connectivity index (χ4n) is 2.11. The Labute approximate surface area is 139 Å². The van der Waals surface area contributed by atoms with Crippen molar-refractivity contribution in [3.63, 3.8) is 0 Å². The van der Waals surface area contributed by atoms with E-state index in [4.69, 9.17) is 4.74 Å². The van der Waals surface area contributed by atoms with Crippen LogP contribution in [0.25, 0.3) is 0 Å². The summed E-state index contributed by atoms with van der Waals surface area (Å²) >= 11 is 3.00. The molecule has 1 aliphatic rings. The van der Waals surface area contributed by atoms with E-state index in [0.717, 1.165) is 19.1 Å². The Morgan fingerprint density at radius 2 is 1.96 bits per heavy atom. The van der Waals surface area contributed by atoms with E-state index >= 15 is 0 Å². The van der Waals surface area contributed by atoms with Gasteiger partial charge in [-0.05, 0) is 28.1 Å². The van der Waals surface area contributed by atoms with E-state index in [0.29, 0.717) is 0 Å². The molecular formula is C14H13BrFNO6. The molecule has 0 aromatic heterocycles. The molecule has 7 nitrogen and oxygen atoms in total. The van der Waals surface area contributed by atoms with Gasteiger partial charge in [0.25, 0.3) is 0 Å². The number of esters is 2. The predicted molar refractivity (Wildman–Crippen MR) is 80.1 cm³/mol. The van der Waals surface area contributed by atoms with Crippen molar-refractivity contribution in [1.29, 1.82) is 0 Å². The van der Waals surface area contributed by atoms with Gasteiger partial charge < -0.3 is 24.2 Å². The molecule has 124 valence electrons. The molecule has 0 radical (unpaired) electrons. The van der Waals surface area contributed by atoms with Crippen LogP contribution in [0.2, 0.25) is 0 Å². The fourth-order valence-corrected chi connectivity index (χ4v) is 2.43. The predicted octanol–water partition coefficient (Wildman–Crippen LogP) is 1.69. The van der Waals surface area contributed by atoms with Crippen molar-refractivity contribution in [2.75, 3.05) is 32.5 Å². The minimum atomic E-state index is -0.882. The molecule has 0 bridgehead atoms. The van der Waals surface area contributed by atoms with E-state index in [2.05, 4.69) is 25.4 Å². The second kappa shape index (κ2) is 6.97. The van der Waals surface area contributed by atoms with Crippen molar-refractivity contribution in [3.8, 4) is 5.75 Å². The molecule has 1 heterocycles. The first-order chi connectivity index (χ1) is 10.9. The monoisotopic (exact) mass is 389 g/mol. The van der Waals surface area contributed by atoms with Crippen molar-refractivity contribution in [1.82, 2.24) is 0 Å². The van der Waals surface area contributed by atoms with Crippen LogP contribution in [0.4, 0.5) is 10.1 Å². The van der Waals surface area contributed by atoms with E-state index in [9.17, 15) is 19.1 Å². The zero-order valence-corrected chi connectivity index (χ0v) is 13.8. The molecule has 9 heteroatoms. The highest BCUT2D eigenvalue weighted by Gasteiger charge is 2.35. The summed E-state index contributed by atoms with van der Waals surface area (Å²) in [5, 5.41) is 9.97. The number of methoxy groups -OCH3 is 2. The summed E-state index contributed by atoms with van der Waals surface area (Å²) in [6.07, 6.45) is 0. The van der Waals surface area contributed by atoms with Gasteiger partial charge >= 0.3 is 11.9 Å². The lowest BCUT2D eigenvalue weighted by molar-refractivity contribution is -0.140. The Hall–Kier alpha value is -2.13. The first-order valence-electron chi connectivity index (χ1n) is 6.34. The highest BCUT2D eigenvalue weighted by Crippen LogP contribution is 2.38. The first kappa shape index (κ1) is 17.2. The van der Waals surface area contributed by atoms with Crippen LogP contribution in [0, 0.1) is 5.82 Å². The number of benzene rings is 1. The number of halogens is 2. The fraction of sp³-hybridized carbons (Fsp3) is 0.286. The summed E-state index contributed by atoms with van der Waals surface area (Å²) in [6.45, 7) is -0.462. The Kier molecular flexibility index (Phi) is 5.22. The van der Waals surface area contributed by atoms with E-state index in [-0.39, 0.29) is 34.8 Å². The lowest BCUT2D eigenvalue weighted by Crippen LogP contribution is -2.39. The minimum absolute atomic E-state index is 0.0692.